The molecule has 0 heterocycles. The average Bonchev–Trinajstić information content (AvgIpc) is 2.25. The lowest BCUT2D eigenvalue weighted by molar-refractivity contribution is -0.138. The molecule has 0 radical (unpaired) electrons. The summed E-state index contributed by atoms with van der Waals surface area (Å²) in [5.41, 5.74) is 0.536. The topological polar surface area (TPSA) is 40.5 Å². The quantitative estimate of drug-likeness (QED) is 0.865. The molecule has 3 nitrogen and oxygen atoms in total. The van der Waals surface area contributed by atoms with Gasteiger partial charge in [0.25, 0.3) is 0 Å². The van der Waals surface area contributed by atoms with Gasteiger partial charge in [-0.15, -0.1) is 0 Å². The highest BCUT2D eigenvalue weighted by Gasteiger charge is 2.18. The molecule has 1 N–H and O–H groups in total. The lowest BCUT2D eigenvalue weighted by atomic mass is 9.99. The molecule has 0 fully saturated rings. The van der Waals surface area contributed by atoms with E-state index in [0.717, 1.165) is 6.07 Å². The van der Waals surface area contributed by atoms with Crippen LogP contribution in [0, 0.1) is 11.6 Å². The molecule has 1 unspecified atom stereocenters. The van der Waals surface area contributed by atoms with Gasteiger partial charge in [-0.25, -0.2) is 8.78 Å². The fourth-order valence-corrected chi connectivity index (χ4v) is 1.95. The number of nitrogens with zero attached hydrogens (tertiary/aromatic N) is 1. The number of benzene rings is 1. The maximum atomic E-state index is 13.1. The number of halogens is 2. The molecule has 19 heavy (non-hydrogen) atoms. The Balaban J connectivity index is 2.81. The van der Waals surface area contributed by atoms with Gasteiger partial charge in [-0.3, -0.25) is 9.69 Å². The van der Waals surface area contributed by atoms with Crippen molar-refractivity contribution >= 4 is 5.97 Å². The molecule has 0 saturated carbocycles. The lowest BCUT2D eigenvalue weighted by Gasteiger charge is -2.27. The molecule has 0 spiro atoms. The third kappa shape index (κ3) is 4.95. The van der Waals surface area contributed by atoms with Crippen molar-refractivity contribution in [2.75, 3.05) is 13.1 Å². The van der Waals surface area contributed by atoms with Gasteiger partial charge in [0.2, 0.25) is 0 Å². The van der Waals surface area contributed by atoms with Crippen molar-refractivity contribution in [3.05, 3.63) is 35.4 Å². The predicted octanol–water partition coefficient (Wildman–Crippen LogP) is 2.86. The van der Waals surface area contributed by atoms with E-state index in [9.17, 15) is 13.6 Å². The largest absolute Gasteiger partial charge is 0.480 e. The van der Waals surface area contributed by atoms with Crippen molar-refractivity contribution in [2.45, 2.75) is 32.7 Å². The molecule has 1 aromatic rings. The van der Waals surface area contributed by atoms with Gasteiger partial charge in [0, 0.05) is 18.7 Å². The second-order valence-corrected chi connectivity index (χ2v) is 5.02. The van der Waals surface area contributed by atoms with Crippen LogP contribution in [0.1, 0.15) is 32.3 Å². The van der Waals surface area contributed by atoms with Crippen molar-refractivity contribution in [3.8, 4) is 0 Å². The first-order valence-electron chi connectivity index (χ1n) is 6.21. The lowest BCUT2D eigenvalue weighted by Crippen LogP contribution is -2.38. The Morgan fingerprint density at radius 1 is 1.21 bits per heavy atom. The second kappa shape index (κ2) is 6.61. The van der Waals surface area contributed by atoms with Crippen LogP contribution in [0.3, 0.4) is 0 Å². The van der Waals surface area contributed by atoms with Gasteiger partial charge in [-0.1, -0.05) is 6.92 Å². The Labute approximate surface area is 111 Å². The van der Waals surface area contributed by atoms with Crippen LogP contribution in [0.25, 0.3) is 0 Å². The molecular weight excluding hydrogens is 252 g/mol. The van der Waals surface area contributed by atoms with Gasteiger partial charge in [0.15, 0.2) is 0 Å². The van der Waals surface area contributed by atoms with Gasteiger partial charge in [-0.2, -0.15) is 0 Å². The van der Waals surface area contributed by atoms with Crippen LogP contribution in [0.15, 0.2) is 18.2 Å². The first-order chi connectivity index (χ1) is 8.79. The summed E-state index contributed by atoms with van der Waals surface area (Å²) in [6.07, 6.45) is 0. The zero-order valence-corrected chi connectivity index (χ0v) is 11.4. The molecule has 1 atom stereocenters. The zero-order valence-electron chi connectivity index (χ0n) is 11.4. The molecule has 1 rings (SSSR count). The van der Waals surface area contributed by atoms with Crippen LogP contribution in [0.2, 0.25) is 0 Å². The monoisotopic (exact) mass is 271 g/mol. The van der Waals surface area contributed by atoms with Crippen LogP contribution >= 0.6 is 0 Å². The summed E-state index contributed by atoms with van der Waals surface area (Å²) >= 11 is 0. The summed E-state index contributed by atoms with van der Waals surface area (Å²) in [7, 11) is 0. The number of hydrogen-bond acceptors (Lipinski definition) is 2. The molecular formula is C14H19F2NO2. The summed E-state index contributed by atoms with van der Waals surface area (Å²) < 4.78 is 26.3. The van der Waals surface area contributed by atoms with Gasteiger partial charge >= 0.3 is 5.97 Å². The number of carboxylic acid groups (broad SMARTS) is 1. The Morgan fingerprint density at radius 3 is 2.16 bits per heavy atom. The number of carbonyl (C=O) groups is 1. The van der Waals surface area contributed by atoms with E-state index in [1.807, 2.05) is 20.8 Å². The highest BCUT2D eigenvalue weighted by Crippen LogP contribution is 2.20. The molecule has 0 aliphatic rings. The van der Waals surface area contributed by atoms with Crippen LogP contribution in [-0.4, -0.2) is 35.1 Å². The molecule has 0 aliphatic carbocycles. The van der Waals surface area contributed by atoms with Gasteiger partial charge in [0.05, 0.1) is 6.54 Å². The number of rotatable bonds is 6. The third-order valence-corrected chi connectivity index (χ3v) is 3.03. The van der Waals surface area contributed by atoms with Crippen molar-refractivity contribution in [1.82, 2.24) is 4.90 Å². The van der Waals surface area contributed by atoms with Crippen molar-refractivity contribution in [2.24, 2.45) is 0 Å². The standard InChI is InChI=1S/C14H19F2NO2/c1-9(2)17(8-14(18)19)7-10(3)11-4-12(15)6-13(16)5-11/h4-6,9-10H,7-8H2,1-3H3,(H,18,19). The molecule has 0 aliphatic heterocycles. The second-order valence-electron chi connectivity index (χ2n) is 5.02. The van der Waals surface area contributed by atoms with Gasteiger partial charge < -0.3 is 5.11 Å². The van der Waals surface area contributed by atoms with E-state index >= 15 is 0 Å². The Bertz CT molecular complexity index is 429. The summed E-state index contributed by atoms with van der Waals surface area (Å²) in [6.45, 7) is 5.96. The van der Waals surface area contributed by atoms with Crippen molar-refractivity contribution < 1.29 is 18.7 Å². The maximum absolute atomic E-state index is 13.1. The maximum Gasteiger partial charge on any atom is 0.317 e. The molecule has 0 aromatic heterocycles. The van der Waals surface area contributed by atoms with Crippen molar-refractivity contribution in [3.63, 3.8) is 0 Å². The van der Waals surface area contributed by atoms with E-state index in [1.165, 1.54) is 12.1 Å². The Morgan fingerprint density at radius 2 is 1.74 bits per heavy atom. The minimum atomic E-state index is -0.911. The van der Waals surface area contributed by atoms with Gasteiger partial charge in [-0.05, 0) is 37.5 Å². The fourth-order valence-electron chi connectivity index (χ4n) is 1.95. The minimum Gasteiger partial charge on any atom is -0.480 e. The van der Waals surface area contributed by atoms with Gasteiger partial charge in [0.1, 0.15) is 11.6 Å². The Hall–Kier alpha value is -1.49. The van der Waals surface area contributed by atoms with Crippen LogP contribution in [0.5, 0.6) is 0 Å². The van der Waals surface area contributed by atoms with Crippen LogP contribution in [0.4, 0.5) is 8.78 Å². The SMILES string of the molecule is CC(CN(CC(=O)O)C(C)C)c1cc(F)cc(F)c1. The summed E-state index contributed by atoms with van der Waals surface area (Å²) in [5.74, 6) is -2.29. The number of carboxylic acids is 1. The summed E-state index contributed by atoms with van der Waals surface area (Å²) in [6, 6.07) is 3.45. The number of hydrogen-bond donors (Lipinski definition) is 1. The third-order valence-electron chi connectivity index (χ3n) is 3.03. The number of aliphatic carboxylic acids is 1. The fraction of sp³-hybridized carbons (Fsp3) is 0.500. The molecule has 5 heteroatoms. The van der Waals surface area contributed by atoms with E-state index in [4.69, 9.17) is 5.11 Å². The smallest absolute Gasteiger partial charge is 0.317 e. The summed E-state index contributed by atoms with van der Waals surface area (Å²) in [5, 5.41) is 8.84. The molecule has 0 bridgehead atoms. The van der Waals surface area contributed by atoms with E-state index in [2.05, 4.69) is 0 Å². The van der Waals surface area contributed by atoms with E-state index < -0.39 is 17.6 Å². The normalized spacial score (nSPS) is 13.0. The highest BCUT2D eigenvalue weighted by molar-refractivity contribution is 5.69. The van der Waals surface area contributed by atoms with E-state index in [0.29, 0.717) is 12.1 Å². The zero-order chi connectivity index (χ0) is 14.6. The first kappa shape index (κ1) is 15.6. The summed E-state index contributed by atoms with van der Waals surface area (Å²) in [4.78, 5) is 12.5. The van der Waals surface area contributed by atoms with Crippen LogP contribution < -0.4 is 0 Å². The average molecular weight is 271 g/mol. The van der Waals surface area contributed by atoms with E-state index in [-0.39, 0.29) is 18.5 Å². The molecule has 106 valence electrons. The molecule has 1 aromatic carbocycles. The van der Waals surface area contributed by atoms with E-state index in [1.54, 1.807) is 4.90 Å². The first-order valence-corrected chi connectivity index (χ1v) is 6.21. The minimum absolute atomic E-state index is 0.0527. The Kier molecular flexibility index (Phi) is 5.42. The highest BCUT2D eigenvalue weighted by atomic mass is 19.1. The predicted molar refractivity (Wildman–Crippen MR) is 69.1 cm³/mol. The molecule has 0 saturated heterocycles. The van der Waals surface area contributed by atoms with Crippen molar-refractivity contribution in [1.29, 1.82) is 0 Å². The molecule has 0 amide bonds. The van der Waals surface area contributed by atoms with Crippen LogP contribution in [-0.2, 0) is 4.79 Å².